The Morgan fingerprint density at radius 1 is 1.39 bits per heavy atom. The maximum absolute atomic E-state index is 13.3. The maximum Gasteiger partial charge on any atom is 0.227 e. The van der Waals surface area contributed by atoms with Crippen LogP contribution in [0.3, 0.4) is 0 Å². The highest BCUT2D eigenvalue weighted by Crippen LogP contribution is 2.26. The van der Waals surface area contributed by atoms with Gasteiger partial charge in [-0.2, -0.15) is 5.10 Å². The fourth-order valence-electron chi connectivity index (χ4n) is 3.42. The van der Waals surface area contributed by atoms with Crippen molar-refractivity contribution < 1.29 is 17.6 Å². The second-order valence-corrected chi connectivity index (χ2v) is 10.0. The minimum Gasteiger partial charge on any atom is -0.332 e. The molecule has 2 heterocycles. The summed E-state index contributed by atoms with van der Waals surface area (Å²) in [7, 11) is -3.47. The van der Waals surface area contributed by atoms with Crippen LogP contribution >= 0.6 is 11.6 Å². The van der Waals surface area contributed by atoms with Gasteiger partial charge in [0.25, 0.3) is 0 Å². The molecule has 0 unspecified atom stereocenters. The molecule has 28 heavy (non-hydrogen) atoms. The molecule has 1 aromatic carbocycles. The molecule has 0 saturated carbocycles. The van der Waals surface area contributed by atoms with E-state index in [1.165, 1.54) is 24.4 Å². The highest BCUT2D eigenvalue weighted by Gasteiger charge is 2.33. The molecule has 2 aromatic rings. The van der Waals surface area contributed by atoms with Crippen molar-refractivity contribution in [1.29, 1.82) is 0 Å². The molecule has 1 amide bonds. The molecule has 9 heteroatoms. The third-order valence-electron chi connectivity index (χ3n) is 4.75. The fourth-order valence-corrected chi connectivity index (χ4v) is 5.42. The van der Waals surface area contributed by atoms with E-state index in [1.54, 1.807) is 9.58 Å². The van der Waals surface area contributed by atoms with E-state index in [0.29, 0.717) is 17.8 Å². The summed E-state index contributed by atoms with van der Waals surface area (Å²) in [6, 6.07) is 4.05. The van der Waals surface area contributed by atoms with Crippen molar-refractivity contribution in [3.8, 4) is 0 Å². The van der Waals surface area contributed by atoms with E-state index in [9.17, 15) is 17.6 Å². The molecule has 0 radical (unpaired) electrons. The van der Waals surface area contributed by atoms with Crippen LogP contribution in [0, 0.1) is 11.7 Å². The number of aromatic nitrogens is 2. The molecule has 1 aliphatic rings. The highest BCUT2D eigenvalue weighted by atomic mass is 35.5. The molecular formula is C19H23ClFN3O3S. The van der Waals surface area contributed by atoms with Crippen LogP contribution in [0.25, 0.3) is 0 Å². The van der Waals surface area contributed by atoms with Gasteiger partial charge < -0.3 is 4.90 Å². The normalized spacial score (nSPS) is 17.1. The number of amides is 1. The van der Waals surface area contributed by atoms with Crippen LogP contribution in [0.5, 0.6) is 0 Å². The van der Waals surface area contributed by atoms with E-state index in [2.05, 4.69) is 5.10 Å². The lowest BCUT2D eigenvalue weighted by molar-refractivity contribution is -0.134. The first-order chi connectivity index (χ1) is 13.1. The quantitative estimate of drug-likeness (QED) is 0.735. The van der Waals surface area contributed by atoms with Crippen molar-refractivity contribution in [3.63, 3.8) is 0 Å². The van der Waals surface area contributed by atoms with E-state index in [1.807, 2.05) is 20.8 Å². The van der Waals surface area contributed by atoms with Gasteiger partial charge in [0.2, 0.25) is 5.91 Å². The minimum atomic E-state index is -3.47. The van der Waals surface area contributed by atoms with Gasteiger partial charge in [-0.25, -0.2) is 12.8 Å². The average molecular weight is 428 g/mol. The molecule has 1 aromatic heterocycles. The molecule has 1 aliphatic heterocycles. The SMILES string of the molecule is CC(C)CS(=O)(=O)c1cnn2c1CN(C(=O)Cc1ccc(F)c(Cl)c1)[C@@H](C)C2. The van der Waals surface area contributed by atoms with Gasteiger partial charge >= 0.3 is 0 Å². The number of hydrogen-bond acceptors (Lipinski definition) is 4. The Kier molecular flexibility index (Phi) is 5.82. The van der Waals surface area contributed by atoms with Crippen molar-refractivity contribution >= 4 is 27.3 Å². The van der Waals surface area contributed by atoms with Crippen molar-refractivity contribution in [3.05, 3.63) is 46.5 Å². The summed E-state index contributed by atoms with van der Waals surface area (Å²) in [5, 5.41) is 4.19. The lowest BCUT2D eigenvalue weighted by Gasteiger charge is -2.34. The number of carbonyl (C=O) groups is 1. The number of sulfone groups is 1. The van der Waals surface area contributed by atoms with Gasteiger partial charge in [0.1, 0.15) is 10.7 Å². The summed E-state index contributed by atoms with van der Waals surface area (Å²) in [4.78, 5) is 14.7. The zero-order valence-corrected chi connectivity index (χ0v) is 17.6. The highest BCUT2D eigenvalue weighted by molar-refractivity contribution is 7.91. The summed E-state index contributed by atoms with van der Waals surface area (Å²) >= 11 is 5.80. The Labute approximate surface area is 169 Å². The molecule has 0 fully saturated rings. The van der Waals surface area contributed by atoms with Crippen molar-refractivity contribution in [2.45, 2.75) is 51.2 Å². The third-order valence-corrected chi connectivity index (χ3v) is 7.15. The first-order valence-corrected chi connectivity index (χ1v) is 11.1. The summed E-state index contributed by atoms with van der Waals surface area (Å²) in [5.41, 5.74) is 1.14. The molecular weight excluding hydrogens is 405 g/mol. The van der Waals surface area contributed by atoms with E-state index < -0.39 is 15.7 Å². The Morgan fingerprint density at radius 3 is 2.75 bits per heavy atom. The summed E-state index contributed by atoms with van der Waals surface area (Å²) in [6.07, 6.45) is 1.44. The largest absolute Gasteiger partial charge is 0.332 e. The molecule has 0 saturated heterocycles. The molecule has 152 valence electrons. The van der Waals surface area contributed by atoms with Gasteiger partial charge in [-0.3, -0.25) is 9.48 Å². The van der Waals surface area contributed by atoms with Crippen LogP contribution < -0.4 is 0 Å². The predicted octanol–water partition coefficient (Wildman–Crippen LogP) is 3.08. The standard InChI is InChI=1S/C19H23ClFN3O3S/c1-12(2)11-28(26,27)18-8-22-24-9-13(3)23(10-17(18)24)19(25)7-14-4-5-16(21)15(20)6-14/h4-6,8,12-13H,7,9-11H2,1-3H3/t13-/m0/s1. The number of halogens is 2. The first kappa shape index (κ1) is 20.8. The lowest BCUT2D eigenvalue weighted by Crippen LogP contribution is -2.46. The number of benzene rings is 1. The first-order valence-electron chi connectivity index (χ1n) is 9.09. The topological polar surface area (TPSA) is 72.3 Å². The van der Waals surface area contributed by atoms with Gasteiger partial charge in [0, 0.05) is 6.04 Å². The van der Waals surface area contributed by atoms with Crippen LogP contribution in [0.15, 0.2) is 29.3 Å². The van der Waals surface area contributed by atoms with Crippen LogP contribution in [0.2, 0.25) is 5.02 Å². The van der Waals surface area contributed by atoms with Crippen molar-refractivity contribution in [2.24, 2.45) is 5.92 Å². The monoisotopic (exact) mass is 427 g/mol. The zero-order chi connectivity index (χ0) is 20.6. The Balaban J connectivity index is 1.84. The Hall–Kier alpha value is -1.93. The molecule has 3 rings (SSSR count). The van der Waals surface area contributed by atoms with Gasteiger partial charge in [-0.1, -0.05) is 31.5 Å². The van der Waals surface area contributed by atoms with Gasteiger partial charge in [-0.15, -0.1) is 0 Å². The van der Waals surface area contributed by atoms with Crippen molar-refractivity contribution in [1.82, 2.24) is 14.7 Å². The summed E-state index contributed by atoms with van der Waals surface area (Å²) < 4.78 is 40.4. The molecule has 0 bridgehead atoms. The van der Waals surface area contributed by atoms with Gasteiger partial charge in [0.05, 0.1) is 42.2 Å². The van der Waals surface area contributed by atoms with Crippen LogP contribution in [-0.2, 0) is 34.1 Å². The van der Waals surface area contributed by atoms with Crippen LogP contribution in [0.4, 0.5) is 4.39 Å². The van der Waals surface area contributed by atoms with Gasteiger partial charge in [0.15, 0.2) is 9.84 Å². The average Bonchev–Trinajstić information content (AvgIpc) is 2.99. The number of fused-ring (bicyclic) bond motifs is 1. The Morgan fingerprint density at radius 2 is 2.11 bits per heavy atom. The third kappa shape index (κ3) is 4.22. The lowest BCUT2D eigenvalue weighted by atomic mass is 10.1. The van der Waals surface area contributed by atoms with E-state index in [-0.39, 0.29) is 46.5 Å². The molecule has 1 atom stereocenters. The summed E-state index contributed by atoms with van der Waals surface area (Å²) in [6.45, 7) is 6.17. The second kappa shape index (κ2) is 7.83. The molecule has 0 aliphatic carbocycles. The van der Waals surface area contributed by atoms with Crippen LogP contribution in [0.1, 0.15) is 32.0 Å². The molecule has 0 N–H and O–H groups in total. The maximum atomic E-state index is 13.3. The molecule has 0 spiro atoms. The van der Waals surface area contributed by atoms with E-state index in [4.69, 9.17) is 11.6 Å². The minimum absolute atomic E-state index is 0.0102. The smallest absolute Gasteiger partial charge is 0.227 e. The number of nitrogens with zero attached hydrogens (tertiary/aromatic N) is 3. The number of rotatable bonds is 5. The fraction of sp³-hybridized carbons (Fsp3) is 0.474. The second-order valence-electron chi connectivity index (χ2n) is 7.61. The number of hydrogen-bond donors (Lipinski definition) is 0. The predicted molar refractivity (Wildman–Crippen MR) is 104 cm³/mol. The van der Waals surface area contributed by atoms with E-state index in [0.717, 1.165) is 0 Å². The van der Waals surface area contributed by atoms with E-state index >= 15 is 0 Å². The van der Waals surface area contributed by atoms with Crippen molar-refractivity contribution in [2.75, 3.05) is 5.75 Å². The van der Waals surface area contributed by atoms with Crippen LogP contribution in [-0.4, -0.2) is 40.8 Å². The summed E-state index contributed by atoms with van der Waals surface area (Å²) in [5.74, 6) is -0.685. The Bertz CT molecular complexity index is 1000. The van der Waals surface area contributed by atoms with Gasteiger partial charge in [-0.05, 0) is 30.5 Å². The number of carbonyl (C=O) groups excluding carboxylic acids is 1. The molecule has 6 nitrogen and oxygen atoms in total. The zero-order valence-electron chi connectivity index (χ0n) is 16.0.